The van der Waals surface area contributed by atoms with Crippen molar-refractivity contribution in [3.63, 3.8) is 0 Å². The predicted octanol–water partition coefficient (Wildman–Crippen LogP) is 2.26. The first-order chi connectivity index (χ1) is 11.1. The second-order valence-electron chi connectivity index (χ2n) is 5.32. The van der Waals surface area contributed by atoms with Crippen LogP contribution >= 0.6 is 12.4 Å². The molecule has 132 valence electrons. The third-order valence-corrected chi connectivity index (χ3v) is 3.62. The summed E-state index contributed by atoms with van der Waals surface area (Å²) in [5.41, 5.74) is -0.0547. The zero-order valence-electron chi connectivity index (χ0n) is 13.8. The number of rotatable bonds is 2. The Morgan fingerprint density at radius 3 is 2.50 bits per heavy atom. The van der Waals surface area contributed by atoms with Crippen molar-refractivity contribution in [2.24, 2.45) is 0 Å². The molecule has 1 aliphatic rings. The smallest absolute Gasteiger partial charge is 0.302 e. The highest BCUT2D eigenvalue weighted by Gasteiger charge is 2.14. The van der Waals surface area contributed by atoms with Crippen LogP contribution in [-0.4, -0.2) is 37.3 Å². The third kappa shape index (κ3) is 5.86. The van der Waals surface area contributed by atoms with E-state index in [0.29, 0.717) is 5.39 Å². The first-order valence-corrected chi connectivity index (χ1v) is 7.63. The maximum atomic E-state index is 11.6. The number of aromatic nitrogens is 1. The van der Waals surface area contributed by atoms with Gasteiger partial charge in [0.05, 0.1) is 7.11 Å². The minimum Gasteiger partial charge on any atom is -0.490 e. The van der Waals surface area contributed by atoms with Crippen LogP contribution in [0.3, 0.4) is 0 Å². The van der Waals surface area contributed by atoms with Gasteiger partial charge in [-0.1, -0.05) is 0 Å². The van der Waals surface area contributed by atoms with E-state index in [1.807, 2.05) is 24.3 Å². The number of H-pyrrole nitrogens is 1. The van der Waals surface area contributed by atoms with Crippen LogP contribution in [0.15, 0.2) is 35.3 Å². The highest BCUT2D eigenvalue weighted by Crippen LogP contribution is 2.21. The standard InChI is InChI=1S/C14H16N2O2.C3H6O2.ClH/c17-14-13-2-1-12(9-10(13)3-8-16-14)18-11-4-6-15-7-5-11;1-3(4)5-2;/h1-3,8-9,11,15H,4-7H2,(H,16,17);1-2H3;1H. The van der Waals surface area contributed by atoms with Gasteiger partial charge in [0, 0.05) is 18.5 Å². The molecule has 6 nitrogen and oxygen atoms in total. The van der Waals surface area contributed by atoms with Crippen molar-refractivity contribution in [2.75, 3.05) is 20.2 Å². The Labute approximate surface area is 147 Å². The lowest BCUT2D eigenvalue weighted by atomic mass is 10.1. The highest BCUT2D eigenvalue weighted by atomic mass is 35.5. The summed E-state index contributed by atoms with van der Waals surface area (Å²) in [7, 11) is 1.35. The van der Waals surface area contributed by atoms with Crippen LogP contribution in [0.5, 0.6) is 5.75 Å². The van der Waals surface area contributed by atoms with E-state index in [1.54, 1.807) is 6.20 Å². The van der Waals surface area contributed by atoms with Gasteiger partial charge in [-0.3, -0.25) is 9.59 Å². The zero-order chi connectivity index (χ0) is 16.7. The summed E-state index contributed by atoms with van der Waals surface area (Å²) in [5, 5.41) is 4.94. The Kier molecular flexibility index (Phi) is 8.29. The molecule has 0 spiro atoms. The number of pyridine rings is 1. The molecule has 0 atom stereocenters. The van der Waals surface area contributed by atoms with E-state index in [9.17, 15) is 9.59 Å². The fourth-order valence-corrected chi connectivity index (χ4v) is 2.35. The number of nitrogens with one attached hydrogen (secondary N) is 2. The number of hydrogen-bond donors (Lipinski definition) is 2. The quantitative estimate of drug-likeness (QED) is 0.808. The van der Waals surface area contributed by atoms with Crippen LogP contribution in [0.2, 0.25) is 0 Å². The highest BCUT2D eigenvalue weighted by molar-refractivity contribution is 5.85. The Balaban J connectivity index is 0.000000425. The van der Waals surface area contributed by atoms with Crippen molar-refractivity contribution in [2.45, 2.75) is 25.9 Å². The molecule has 1 aliphatic heterocycles. The van der Waals surface area contributed by atoms with Crippen LogP contribution < -0.4 is 15.6 Å². The summed E-state index contributed by atoms with van der Waals surface area (Å²) in [6.07, 6.45) is 4.02. The summed E-state index contributed by atoms with van der Waals surface area (Å²) in [4.78, 5) is 23.8. The number of benzene rings is 1. The van der Waals surface area contributed by atoms with Gasteiger partial charge in [0.25, 0.3) is 5.56 Å². The van der Waals surface area contributed by atoms with Crippen molar-refractivity contribution >= 4 is 29.1 Å². The second kappa shape index (κ2) is 9.95. The average molecular weight is 355 g/mol. The Hall–Kier alpha value is -2.05. The van der Waals surface area contributed by atoms with Gasteiger partial charge < -0.3 is 19.8 Å². The molecular weight excluding hydrogens is 332 g/mol. The molecule has 2 aromatic rings. The largest absolute Gasteiger partial charge is 0.490 e. The van der Waals surface area contributed by atoms with E-state index in [1.165, 1.54) is 14.0 Å². The molecule has 0 bridgehead atoms. The van der Waals surface area contributed by atoms with Crippen LogP contribution in [0.25, 0.3) is 10.8 Å². The van der Waals surface area contributed by atoms with Gasteiger partial charge in [0.15, 0.2) is 0 Å². The number of ether oxygens (including phenoxy) is 2. The molecule has 7 heteroatoms. The minimum absolute atomic E-state index is 0. The fourth-order valence-electron chi connectivity index (χ4n) is 2.35. The second-order valence-corrected chi connectivity index (χ2v) is 5.32. The molecule has 1 fully saturated rings. The maximum Gasteiger partial charge on any atom is 0.302 e. The summed E-state index contributed by atoms with van der Waals surface area (Å²) < 4.78 is 10.1. The molecule has 1 saturated heterocycles. The number of methoxy groups -OCH3 is 1. The van der Waals surface area contributed by atoms with E-state index >= 15 is 0 Å². The van der Waals surface area contributed by atoms with Gasteiger partial charge >= 0.3 is 5.97 Å². The maximum absolute atomic E-state index is 11.6. The molecule has 24 heavy (non-hydrogen) atoms. The van der Waals surface area contributed by atoms with Crippen molar-refractivity contribution < 1.29 is 14.3 Å². The first-order valence-electron chi connectivity index (χ1n) is 7.63. The topological polar surface area (TPSA) is 80.4 Å². The zero-order valence-corrected chi connectivity index (χ0v) is 14.7. The van der Waals surface area contributed by atoms with Crippen molar-refractivity contribution in [3.05, 3.63) is 40.8 Å². The number of hydrogen-bond acceptors (Lipinski definition) is 5. The fraction of sp³-hybridized carbons (Fsp3) is 0.412. The summed E-state index contributed by atoms with van der Waals surface area (Å²) in [6.45, 7) is 3.38. The first kappa shape index (κ1) is 20.0. The Morgan fingerprint density at radius 2 is 1.88 bits per heavy atom. The predicted molar refractivity (Wildman–Crippen MR) is 96.0 cm³/mol. The number of aromatic amines is 1. The van der Waals surface area contributed by atoms with E-state index in [-0.39, 0.29) is 30.0 Å². The molecule has 3 rings (SSSR count). The third-order valence-electron chi connectivity index (χ3n) is 3.62. The Morgan fingerprint density at radius 1 is 1.21 bits per heavy atom. The molecular formula is C17H23ClN2O4. The summed E-state index contributed by atoms with van der Waals surface area (Å²) in [6, 6.07) is 7.53. The summed E-state index contributed by atoms with van der Waals surface area (Å²) in [5.74, 6) is 0.602. The molecule has 0 saturated carbocycles. The number of halogens is 1. The van der Waals surface area contributed by atoms with Crippen LogP contribution in [0, 0.1) is 0 Å². The van der Waals surface area contributed by atoms with E-state index in [4.69, 9.17) is 4.74 Å². The van der Waals surface area contributed by atoms with Gasteiger partial charge in [0.2, 0.25) is 0 Å². The van der Waals surface area contributed by atoms with E-state index < -0.39 is 0 Å². The SMILES string of the molecule is COC(C)=O.Cl.O=c1[nH]ccc2cc(OC3CCNCC3)ccc12. The monoisotopic (exact) mass is 354 g/mol. The number of carbonyl (C=O) groups excluding carboxylic acids is 1. The number of esters is 1. The van der Waals surface area contributed by atoms with Gasteiger partial charge in [0.1, 0.15) is 11.9 Å². The van der Waals surface area contributed by atoms with Gasteiger partial charge in [-0.15, -0.1) is 12.4 Å². The van der Waals surface area contributed by atoms with Gasteiger partial charge in [-0.25, -0.2) is 0 Å². The molecule has 1 aromatic carbocycles. The van der Waals surface area contributed by atoms with Crippen LogP contribution in [0.1, 0.15) is 19.8 Å². The minimum atomic E-state index is -0.245. The van der Waals surface area contributed by atoms with Crippen LogP contribution in [-0.2, 0) is 9.53 Å². The number of fused-ring (bicyclic) bond motifs is 1. The van der Waals surface area contributed by atoms with Crippen molar-refractivity contribution in [1.29, 1.82) is 0 Å². The van der Waals surface area contributed by atoms with Crippen molar-refractivity contribution in [1.82, 2.24) is 10.3 Å². The molecule has 2 heterocycles. The lowest BCUT2D eigenvalue weighted by Crippen LogP contribution is -2.34. The molecule has 0 amide bonds. The van der Waals surface area contributed by atoms with Gasteiger partial charge in [-0.2, -0.15) is 0 Å². The molecule has 1 aromatic heterocycles. The lowest BCUT2D eigenvalue weighted by molar-refractivity contribution is -0.137. The van der Waals surface area contributed by atoms with Crippen molar-refractivity contribution in [3.8, 4) is 5.75 Å². The van der Waals surface area contributed by atoms with E-state index in [2.05, 4.69) is 15.0 Å². The lowest BCUT2D eigenvalue weighted by Gasteiger charge is -2.23. The molecule has 0 unspecified atom stereocenters. The van der Waals surface area contributed by atoms with Gasteiger partial charge in [-0.05, 0) is 55.6 Å². The average Bonchev–Trinajstić information content (AvgIpc) is 2.56. The van der Waals surface area contributed by atoms with Crippen LogP contribution in [0.4, 0.5) is 0 Å². The molecule has 2 N–H and O–H groups in total. The molecule has 0 radical (unpaired) electrons. The summed E-state index contributed by atoms with van der Waals surface area (Å²) >= 11 is 0. The normalized spacial score (nSPS) is 14.1. The Bertz CT molecular complexity index is 711. The number of piperidine rings is 1. The van der Waals surface area contributed by atoms with E-state index in [0.717, 1.165) is 37.1 Å². The number of carbonyl (C=O) groups is 1. The molecule has 0 aliphatic carbocycles.